The topological polar surface area (TPSA) is 26.3 Å². The maximum Gasteiger partial charge on any atom is 0.142 e. The van der Waals surface area contributed by atoms with E-state index in [1.807, 2.05) is 18.4 Å². The number of fused-ring (bicyclic) bond motifs is 10. The van der Waals surface area contributed by atoms with E-state index in [4.69, 9.17) is 8.83 Å². The van der Waals surface area contributed by atoms with Crippen LogP contribution in [0.1, 0.15) is 0 Å². The Kier molecular flexibility index (Phi) is 5.70. The van der Waals surface area contributed by atoms with Crippen LogP contribution in [0.5, 0.6) is 0 Å². The first-order valence-corrected chi connectivity index (χ1v) is 17.1. The van der Waals surface area contributed by atoms with Crippen LogP contribution in [0, 0.1) is 0 Å². The molecule has 0 aliphatic heterocycles. The first kappa shape index (κ1) is 27.3. The molecule has 0 atom stereocenters. The van der Waals surface area contributed by atoms with E-state index in [9.17, 15) is 0 Å². The lowest BCUT2D eigenvalue weighted by Gasteiger charge is -2.18. The third-order valence-corrected chi connectivity index (χ3v) is 10.5. The Bertz CT molecular complexity index is 3160. The zero-order valence-electron chi connectivity index (χ0n) is 27.0. The second-order valence-electron chi connectivity index (χ2n) is 13.2. The molecule has 2 heterocycles. The van der Waals surface area contributed by atoms with Crippen molar-refractivity contribution < 1.29 is 8.83 Å². The minimum Gasteiger partial charge on any atom is -0.463 e. The molecule has 0 unspecified atom stereocenters. The molecule has 0 saturated carbocycles. The zero-order valence-corrected chi connectivity index (χ0v) is 27.0. The van der Waals surface area contributed by atoms with Crippen molar-refractivity contribution in [3.05, 3.63) is 170 Å². The van der Waals surface area contributed by atoms with E-state index in [1.54, 1.807) is 0 Å². The van der Waals surface area contributed by atoms with Gasteiger partial charge in [0, 0.05) is 32.7 Å². The summed E-state index contributed by atoms with van der Waals surface area (Å²) in [7, 11) is 0. The van der Waals surface area contributed by atoms with Crippen LogP contribution in [-0.4, -0.2) is 0 Å². The molecular weight excluding hydrogens is 609 g/mol. The number of hydrogen-bond donors (Lipinski definition) is 0. The number of furan rings is 2. The van der Waals surface area contributed by atoms with Gasteiger partial charge in [-0.25, -0.2) is 0 Å². The maximum absolute atomic E-state index is 6.59. The van der Waals surface area contributed by atoms with Gasteiger partial charge in [0.1, 0.15) is 16.7 Å². The fraction of sp³-hybridized carbons (Fsp3) is 0. The number of benzene rings is 9. The lowest BCUT2D eigenvalue weighted by atomic mass is 9.85. The Balaban J connectivity index is 1.24. The number of para-hydroxylation sites is 1. The molecule has 9 aromatic carbocycles. The SMILES string of the molecule is c1ccc(-c2cccc3oc4ccccc4c23)c(-c2ccc3cc4ccccc4cc3c2-c2coc3c2ccc2c4ccccc4ccc23)c1. The van der Waals surface area contributed by atoms with Gasteiger partial charge in [0.2, 0.25) is 0 Å². The van der Waals surface area contributed by atoms with Crippen molar-refractivity contribution in [1.82, 2.24) is 0 Å². The molecule has 0 amide bonds. The van der Waals surface area contributed by atoms with Crippen LogP contribution < -0.4 is 0 Å². The Morgan fingerprint density at radius 1 is 0.320 bits per heavy atom. The second kappa shape index (κ2) is 10.4. The molecular formula is C48H28O2. The monoisotopic (exact) mass is 636 g/mol. The van der Waals surface area contributed by atoms with Crippen molar-refractivity contribution in [2.45, 2.75) is 0 Å². The molecule has 0 aliphatic rings. The minimum absolute atomic E-state index is 0.893. The summed E-state index contributed by atoms with van der Waals surface area (Å²) in [5, 5.41) is 13.0. The normalized spacial score (nSPS) is 12.0. The first-order valence-electron chi connectivity index (χ1n) is 17.1. The highest BCUT2D eigenvalue weighted by molar-refractivity contribution is 6.21. The molecule has 0 aliphatic carbocycles. The van der Waals surface area contributed by atoms with Crippen LogP contribution in [-0.2, 0) is 0 Å². The van der Waals surface area contributed by atoms with Crippen LogP contribution in [0.4, 0.5) is 0 Å². The summed E-state index contributed by atoms with van der Waals surface area (Å²) in [4.78, 5) is 0. The third-order valence-electron chi connectivity index (χ3n) is 10.5. The zero-order chi connectivity index (χ0) is 32.8. The van der Waals surface area contributed by atoms with Crippen LogP contribution in [0.25, 0.3) is 109 Å². The predicted octanol–water partition coefficient (Wildman–Crippen LogP) is 13.9. The van der Waals surface area contributed by atoms with Gasteiger partial charge in [0.15, 0.2) is 0 Å². The highest BCUT2D eigenvalue weighted by Crippen LogP contribution is 2.48. The summed E-state index contributed by atoms with van der Waals surface area (Å²) in [6.07, 6.45) is 1.97. The van der Waals surface area contributed by atoms with Gasteiger partial charge in [-0.2, -0.15) is 0 Å². The average Bonchev–Trinajstić information content (AvgIpc) is 3.78. The predicted molar refractivity (Wildman–Crippen MR) is 210 cm³/mol. The van der Waals surface area contributed by atoms with E-state index in [-0.39, 0.29) is 0 Å². The number of rotatable bonds is 3. The molecule has 0 bridgehead atoms. The van der Waals surface area contributed by atoms with E-state index >= 15 is 0 Å². The Hall–Kier alpha value is -6.64. The number of hydrogen-bond acceptors (Lipinski definition) is 2. The molecule has 2 nitrogen and oxygen atoms in total. The van der Waals surface area contributed by atoms with Gasteiger partial charge in [-0.05, 0) is 96.4 Å². The van der Waals surface area contributed by atoms with Gasteiger partial charge in [-0.15, -0.1) is 0 Å². The molecule has 0 saturated heterocycles. The lowest BCUT2D eigenvalue weighted by molar-refractivity contribution is 0.620. The van der Waals surface area contributed by atoms with Gasteiger partial charge in [-0.3, -0.25) is 0 Å². The summed E-state index contributed by atoms with van der Waals surface area (Å²) in [6.45, 7) is 0. The van der Waals surface area contributed by atoms with Crippen molar-refractivity contribution >= 4 is 76.0 Å². The highest BCUT2D eigenvalue weighted by atomic mass is 16.3. The Labute approximate surface area is 287 Å². The van der Waals surface area contributed by atoms with E-state index in [0.717, 1.165) is 66.1 Å². The van der Waals surface area contributed by atoms with Gasteiger partial charge in [-0.1, -0.05) is 127 Å². The summed E-state index contributed by atoms with van der Waals surface area (Å²) >= 11 is 0. The van der Waals surface area contributed by atoms with Crippen LogP contribution in [0.2, 0.25) is 0 Å². The quantitative estimate of drug-likeness (QED) is 0.142. The van der Waals surface area contributed by atoms with Gasteiger partial charge in [0.05, 0.1) is 6.26 Å². The summed E-state index contributed by atoms with van der Waals surface area (Å²) < 4.78 is 12.9. The van der Waals surface area contributed by atoms with Crippen molar-refractivity contribution in [3.63, 3.8) is 0 Å². The molecule has 0 spiro atoms. The van der Waals surface area contributed by atoms with Crippen LogP contribution in [0.3, 0.4) is 0 Å². The molecule has 0 fully saturated rings. The molecule has 11 rings (SSSR count). The average molecular weight is 637 g/mol. The summed E-state index contributed by atoms with van der Waals surface area (Å²) in [6, 6.07) is 58.8. The molecule has 0 N–H and O–H groups in total. The van der Waals surface area contributed by atoms with Crippen molar-refractivity contribution in [2.24, 2.45) is 0 Å². The Morgan fingerprint density at radius 3 is 1.84 bits per heavy atom. The minimum atomic E-state index is 0.893. The third kappa shape index (κ3) is 3.90. The maximum atomic E-state index is 6.59. The van der Waals surface area contributed by atoms with Crippen LogP contribution in [0.15, 0.2) is 179 Å². The smallest absolute Gasteiger partial charge is 0.142 e. The van der Waals surface area contributed by atoms with E-state index in [0.29, 0.717) is 0 Å². The summed E-state index contributed by atoms with van der Waals surface area (Å²) in [5.41, 5.74) is 9.61. The fourth-order valence-corrected chi connectivity index (χ4v) is 8.25. The van der Waals surface area contributed by atoms with Crippen molar-refractivity contribution in [1.29, 1.82) is 0 Å². The fourth-order valence-electron chi connectivity index (χ4n) is 8.25. The van der Waals surface area contributed by atoms with Gasteiger partial charge < -0.3 is 8.83 Å². The lowest BCUT2D eigenvalue weighted by Crippen LogP contribution is -1.91. The molecule has 11 aromatic rings. The van der Waals surface area contributed by atoms with E-state index in [1.165, 1.54) is 43.3 Å². The standard InChI is InChI=1S/C48H28O2/c1-2-12-31-27-42-32(26-30(31)11-1)21-22-38(35-15-6-5-14-34(35)37-17-9-19-45-47(37)41-16-7-8-18-44(41)50-45)46(42)43-28-49-48-39-23-20-29-10-3-4-13-33(29)36(39)24-25-40(43)48/h1-28H. The Morgan fingerprint density at radius 2 is 0.960 bits per heavy atom. The highest BCUT2D eigenvalue weighted by Gasteiger charge is 2.22. The molecule has 0 radical (unpaired) electrons. The first-order chi connectivity index (χ1) is 24.8. The largest absolute Gasteiger partial charge is 0.463 e. The molecule has 2 aromatic heterocycles. The van der Waals surface area contributed by atoms with Crippen LogP contribution >= 0.6 is 0 Å². The van der Waals surface area contributed by atoms with E-state index in [2.05, 4.69) is 152 Å². The second-order valence-corrected chi connectivity index (χ2v) is 13.2. The molecule has 2 heteroatoms. The van der Waals surface area contributed by atoms with Crippen molar-refractivity contribution in [3.8, 4) is 33.4 Å². The van der Waals surface area contributed by atoms with Crippen molar-refractivity contribution in [2.75, 3.05) is 0 Å². The summed E-state index contributed by atoms with van der Waals surface area (Å²) in [5.74, 6) is 0. The molecule has 50 heavy (non-hydrogen) atoms. The molecule has 232 valence electrons. The van der Waals surface area contributed by atoms with E-state index < -0.39 is 0 Å². The van der Waals surface area contributed by atoms with Gasteiger partial charge in [0.25, 0.3) is 0 Å². The van der Waals surface area contributed by atoms with Gasteiger partial charge >= 0.3 is 0 Å².